The average Bonchev–Trinajstić information content (AvgIpc) is 3.00. The fourth-order valence-corrected chi connectivity index (χ4v) is 4.39. The summed E-state index contributed by atoms with van der Waals surface area (Å²) in [6.45, 7) is 5.83. The van der Waals surface area contributed by atoms with Crippen molar-refractivity contribution in [2.75, 3.05) is 0 Å². The van der Waals surface area contributed by atoms with Crippen LogP contribution in [0.15, 0.2) is 36.4 Å². The van der Waals surface area contributed by atoms with Crippen LogP contribution in [-0.4, -0.2) is 23.9 Å². The lowest BCUT2D eigenvalue weighted by molar-refractivity contribution is -0.138. The Morgan fingerprint density at radius 2 is 1.07 bits per heavy atom. The monoisotopic (exact) mass is 614 g/mol. The maximum atomic E-state index is 14.1. The van der Waals surface area contributed by atoms with E-state index in [1.165, 1.54) is 30.3 Å². The third-order valence-electron chi connectivity index (χ3n) is 6.94. The number of esters is 4. The molecule has 2 rings (SSSR count). The topological polar surface area (TPSA) is 105 Å². The van der Waals surface area contributed by atoms with Crippen LogP contribution in [0.3, 0.4) is 0 Å². The zero-order chi connectivity index (χ0) is 32.2. The standard InChI is InChI=1S/C35H47FO8/c1-4-7-10-13-20-31(37)42-29-23-27(35(40)41-25-26-18-16-17-19-28(26)36)24-30(43-32(38)21-14-11-8-5-2)34(29)44-33(39)22-15-12-9-6-3/h16-19,23-24H,4-15,20-22,25H2,1-3H3. The number of ether oxygens (including phenoxy) is 4. The van der Waals surface area contributed by atoms with Gasteiger partial charge in [-0.05, 0) is 37.5 Å². The first-order chi connectivity index (χ1) is 21.3. The predicted octanol–water partition coefficient (Wildman–Crippen LogP) is 8.81. The van der Waals surface area contributed by atoms with Crippen LogP contribution in [0.1, 0.15) is 133 Å². The molecular weight excluding hydrogens is 567 g/mol. The summed E-state index contributed by atoms with van der Waals surface area (Å²) in [6, 6.07) is 8.32. The molecule has 0 saturated heterocycles. The number of hydrogen-bond donors (Lipinski definition) is 0. The molecule has 0 aliphatic rings. The molecule has 0 unspecified atom stereocenters. The highest BCUT2D eigenvalue weighted by atomic mass is 19.1. The number of benzene rings is 2. The smallest absolute Gasteiger partial charge is 0.338 e. The van der Waals surface area contributed by atoms with Gasteiger partial charge in [-0.15, -0.1) is 0 Å². The molecule has 0 saturated carbocycles. The van der Waals surface area contributed by atoms with Crippen molar-refractivity contribution in [2.45, 2.75) is 124 Å². The first-order valence-electron chi connectivity index (χ1n) is 16.0. The molecule has 2 aromatic rings. The second kappa shape index (κ2) is 21.0. The minimum absolute atomic E-state index is 0.110. The first-order valence-corrected chi connectivity index (χ1v) is 16.0. The largest absolute Gasteiger partial charge is 0.457 e. The molecule has 0 amide bonds. The minimum atomic E-state index is -0.869. The van der Waals surface area contributed by atoms with Crippen molar-refractivity contribution in [1.82, 2.24) is 0 Å². The fourth-order valence-electron chi connectivity index (χ4n) is 4.39. The van der Waals surface area contributed by atoms with Gasteiger partial charge in [0, 0.05) is 24.8 Å². The van der Waals surface area contributed by atoms with E-state index in [2.05, 4.69) is 20.8 Å². The van der Waals surface area contributed by atoms with Crippen molar-refractivity contribution in [1.29, 1.82) is 0 Å². The third-order valence-corrected chi connectivity index (χ3v) is 6.94. The number of carbonyl (C=O) groups is 4. The molecule has 0 radical (unpaired) electrons. The Kier molecular flexibility index (Phi) is 17.4. The van der Waals surface area contributed by atoms with Crippen LogP contribution in [0, 0.1) is 5.82 Å². The fraction of sp³-hybridized carbons (Fsp3) is 0.543. The van der Waals surface area contributed by atoms with Gasteiger partial charge >= 0.3 is 23.9 Å². The van der Waals surface area contributed by atoms with E-state index in [9.17, 15) is 23.6 Å². The SMILES string of the molecule is CCCCCCC(=O)Oc1cc(C(=O)OCc2ccccc2F)cc(OC(=O)CCCCCC)c1OC(=O)CCCCCC. The van der Waals surface area contributed by atoms with Crippen LogP contribution in [-0.2, 0) is 25.7 Å². The second-order valence-electron chi connectivity index (χ2n) is 10.8. The molecule has 8 nitrogen and oxygen atoms in total. The lowest BCUT2D eigenvalue weighted by atomic mass is 10.1. The van der Waals surface area contributed by atoms with Gasteiger partial charge in [-0.1, -0.05) is 96.8 Å². The molecule has 9 heteroatoms. The van der Waals surface area contributed by atoms with Gasteiger partial charge in [-0.2, -0.15) is 0 Å². The van der Waals surface area contributed by atoms with E-state index >= 15 is 0 Å². The van der Waals surface area contributed by atoms with Gasteiger partial charge in [-0.3, -0.25) is 14.4 Å². The third kappa shape index (κ3) is 13.7. The van der Waals surface area contributed by atoms with Gasteiger partial charge in [0.15, 0.2) is 11.5 Å². The summed E-state index contributed by atoms with van der Waals surface area (Å²) in [5.41, 5.74) is 0.0542. The summed E-state index contributed by atoms with van der Waals surface area (Å²) in [4.78, 5) is 51.5. The molecule has 0 bridgehead atoms. The van der Waals surface area contributed by atoms with Crippen molar-refractivity contribution < 1.29 is 42.5 Å². The van der Waals surface area contributed by atoms with E-state index in [0.29, 0.717) is 19.3 Å². The maximum absolute atomic E-state index is 14.1. The van der Waals surface area contributed by atoms with Gasteiger partial charge in [0.1, 0.15) is 12.4 Å². The van der Waals surface area contributed by atoms with Crippen LogP contribution in [0.25, 0.3) is 0 Å². The molecule has 0 spiro atoms. The Morgan fingerprint density at radius 3 is 1.52 bits per heavy atom. The van der Waals surface area contributed by atoms with Crippen LogP contribution in [0.2, 0.25) is 0 Å². The molecule has 0 aliphatic heterocycles. The number of hydrogen-bond acceptors (Lipinski definition) is 8. The number of carbonyl (C=O) groups excluding carboxylic acids is 4. The van der Waals surface area contributed by atoms with E-state index < -0.39 is 29.7 Å². The maximum Gasteiger partial charge on any atom is 0.338 e. The van der Waals surface area contributed by atoms with E-state index in [0.717, 1.165) is 57.8 Å². The molecule has 0 aromatic heterocycles. The van der Waals surface area contributed by atoms with Crippen molar-refractivity contribution in [3.63, 3.8) is 0 Å². The Hall–Kier alpha value is -3.75. The highest BCUT2D eigenvalue weighted by molar-refractivity contribution is 5.92. The van der Waals surface area contributed by atoms with Gasteiger partial charge in [0.2, 0.25) is 5.75 Å². The zero-order valence-electron chi connectivity index (χ0n) is 26.4. The Bertz CT molecular complexity index is 1160. The molecule has 0 atom stereocenters. The normalized spacial score (nSPS) is 10.7. The molecule has 242 valence electrons. The van der Waals surface area contributed by atoms with Gasteiger partial charge in [0.25, 0.3) is 0 Å². The summed E-state index contributed by atoms with van der Waals surface area (Å²) >= 11 is 0. The number of rotatable bonds is 21. The Morgan fingerprint density at radius 1 is 0.614 bits per heavy atom. The van der Waals surface area contributed by atoms with Gasteiger partial charge < -0.3 is 18.9 Å². The highest BCUT2D eigenvalue weighted by Crippen LogP contribution is 2.40. The molecule has 0 fully saturated rings. The van der Waals surface area contributed by atoms with Crippen molar-refractivity contribution >= 4 is 23.9 Å². The quantitative estimate of drug-likeness (QED) is 0.0780. The number of unbranched alkanes of at least 4 members (excludes halogenated alkanes) is 9. The molecule has 0 N–H and O–H groups in total. The minimum Gasteiger partial charge on any atom is -0.457 e. The second-order valence-corrected chi connectivity index (χ2v) is 10.8. The van der Waals surface area contributed by atoms with E-state index in [1.807, 2.05) is 0 Å². The van der Waals surface area contributed by atoms with Crippen LogP contribution in [0.4, 0.5) is 4.39 Å². The van der Waals surface area contributed by atoms with Crippen molar-refractivity contribution in [3.8, 4) is 17.2 Å². The lowest BCUT2D eigenvalue weighted by Gasteiger charge is -2.16. The first kappa shape index (κ1) is 36.4. The number of halogens is 1. The van der Waals surface area contributed by atoms with E-state index in [4.69, 9.17) is 18.9 Å². The lowest BCUT2D eigenvalue weighted by Crippen LogP contribution is -2.16. The summed E-state index contributed by atoms with van der Waals surface area (Å²) in [5.74, 6) is -3.88. The molecular formula is C35H47FO8. The van der Waals surface area contributed by atoms with Gasteiger partial charge in [-0.25, -0.2) is 9.18 Å². The van der Waals surface area contributed by atoms with Crippen LogP contribution in [0.5, 0.6) is 17.2 Å². The summed E-state index contributed by atoms with van der Waals surface area (Å²) in [5, 5.41) is 0. The molecule has 0 aliphatic carbocycles. The molecule has 0 heterocycles. The Labute approximate surface area is 260 Å². The summed E-state index contributed by atoms with van der Waals surface area (Å²) in [6.07, 6.45) is 10.6. The van der Waals surface area contributed by atoms with Crippen molar-refractivity contribution in [2.24, 2.45) is 0 Å². The highest BCUT2D eigenvalue weighted by Gasteiger charge is 2.25. The van der Waals surface area contributed by atoms with Gasteiger partial charge in [0.05, 0.1) is 5.56 Å². The summed E-state index contributed by atoms with van der Waals surface area (Å²) in [7, 11) is 0. The van der Waals surface area contributed by atoms with Crippen molar-refractivity contribution in [3.05, 3.63) is 53.3 Å². The van der Waals surface area contributed by atoms with E-state index in [-0.39, 0.29) is 54.2 Å². The van der Waals surface area contributed by atoms with E-state index in [1.54, 1.807) is 6.07 Å². The van der Waals surface area contributed by atoms with Crippen LogP contribution < -0.4 is 14.2 Å². The van der Waals surface area contributed by atoms with Crippen LogP contribution >= 0.6 is 0 Å². The molecule has 2 aromatic carbocycles. The predicted molar refractivity (Wildman–Crippen MR) is 165 cm³/mol. The summed E-state index contributed by atoms with van der Waals surface area (Å²) < 4.78 is 36.3. The zero-order valence-corrected chi connectivity index (χ0v) is 26.4. The molecule has 44 heavy (non-hydrogen) atoms. The Balaban J connectivity index is 2.40. The average molecular weight is 615 g/mol.